The van der Waals surface area contributed by atoms with Crippen molar-refractivity contribution >= 4 is 17.9 Å². The van der Waals surface area contributed by atoms with E-state index in [0.717, 1.165) is 23.3 Å². The summed E-state index contributed by atoms with van der Waals surface area (Å²) >= 11 is 0. The van der Waals surface area contributed by atoms with E-state index in [1.807, 2.05) is 42.5 Å². The molecule has 0 aromatic heterocycles. The van der Waals surface area contributed by atoms with Gasteiger partial charge in [-0.1, -0.05) is 36.4 Å². The van der Waals surface area contributed by atoms with Crippen LogP contribution >= 0.6 is 0 Å². The number of methoxy groups -OCH3 is 1. The maximum atomic E-state index is 13.3. The number of carbonyl (C=O) groups is 2. The first-order valence-corrected chi connectivity index (χ1v) is 11.2. The Hall–Kier alpha value is -3.89. The quantitative estimate of drug-likeness (QED) is 0.460. The first-order chi connectivity index (χ1) is 16.5. The lowest BCUT2D eigenvalue weighted by molar-refractivity contribution is -0.142. The summed E-state index contributed by atoms with van der Waals surface area (Å²) in [5, 5.41) is 9.59. The SMILES string of the molecule is COc1cc(/C=C2/C(=O)N(CC3CCCO3)C(=O)C(C#N)=C2C)ccc1OCc1ccccc1. The maximum Gasteiger partial charge on any atom is 0.271 e. The molecule has 0 bridgehead atoms. The van der Waals surface area contributed by atoms with Crippen molar-refractivity contribution in [3.8, 4) is 17.6 Å². The third-order valence-electron chi connectivity index (χ3n) is 5.97. The van der Waals surface area contributed by atoms with Gasteiger partial charge in [0.25, 0.3) is 11.8 Å². The van der Waals surface area contributed by atoms with Crippen molar-refractivity contribution in [3.05, 3.63) is 76.4 Å². The van der Waals surface area contributed by atoms with Crippen LogP contribution in [-0.4, -0.2) is 43.1 Å². The van der Waals surface area contributed by atoms with Crippen LogP contribution in [0.5, 0.6) is 11.5 Å². The molecule has 0 N–H and O–H groups in total. The first kappa shape index (κ1) is 23.3. The number of ether oxygens (including phenoxy) is 3. The largest absolute Gasteiger partial charge is 0.493 e. The minimum absolute atomic E-state index is 0.0290. The molecule has 2 heterocycles. The van der Waals surface area contributed by atoms with Crippen LogP contribution in [0.3, 0.4) is 0 Å². The predicted molar refractivity (Wildman–Crippen MR) is 126 cm³/mol. The van der Waals surface area contributed by atoms with Gasteiger partial charge in [-0.15, -0.1) is 0 Å². The summed E-state index contributed by atoms with van der Waals surface area (Å²) < 4.78 is 17.0. The molecular weight excluding hydrogens is 432 g/mol. The van der Waals surface area contributed by atoms with Crippen molar-refractivity contribution < 1.29 is 23.8 Å². The van der Waals surface area contributed by atoms with E-state index in [1.54, 1.807) is 32.2 Å². The van der Waals surface area contributed by atoms with Crippen molar-refractivity contribution in [2.45, 2.75) is 32.5 Å². The topological polar surface area (TPSA) is 88.9 Å². The van der Waals surface area contributed by atoms with E-state index < -0.39 is 11.8 Å². The average molecular weight is 459 g/mol. The fraction of sp³-hybridized carbons (Fsp3) is 0.296. The zero-order valence-electron chi connectivity index (χ0n) is 19.2. The van der Waals surface area contributed by atoms with Crippen molar-refractivity contribution in [1.82, 2.24) is 4.90 Å². The summed E-state index contributed by atoms with van der Waals surface area (Å²) in [6.07, 6.45) is 3.14. The monoisotopic (exact) mass is 458 g/mol. The fourth-order valence-corrected chi connectivity index (χ4v) is 4.08. The van der Waals surface area contributed by atoms with Gasteiger partial charge in [0, 0.05) is 12.2 Å². The van der Waals surface area contributed by atoms with E-state index in [0.29, 0.717) is 41.4 Å². The summed E-state index contributed by atoms with van der Waals surface area (Å²) in [5.74, 6) is 0.0897. The van der Waals surface area contributed by atoms with Crippen LogP contribution in [0.25, 0.3) is 6.08 Å². The first-order valence-electron chi connectivity index (χ1n) is 11.2. The van der Waals surface area contributed by atoms with Crippen LogP contribution in [0.15, 0.2) is 65.3 Å². The minimum Gasteiger partial charge on any atom is -0.493 e. The van der Waals surface area contributed by atoms with Gasteiger partial charge < -0.3 is 14.2 Å². The van der Waals surface area contributed by atoms with Gasteiger partial charge in [-0.3, -0.25) is 14.5 Å². The molecule has 174 valence electrons. The van der Waals surface area contributed by atoms with Crippen molar-refractivity contribution in [1.29, 1.82) is 5.26 Å². The predicted octanol–water partition coefficient (Wildman–Crippen LogP) is 4.05. The Morgan fingerprint density at radius 1 is 1.15 bits per heavy atom. The smallest absolute Gasteiger partial charge is 0.271 e. The second-order valence-electron chi connectivity index (χ2n) is 8.21. The summed E-state index contributed by atoms with van der Waals surface area (Å²) in [6.45, 7) is 2.77. The summed E-state index contributed by atoms with van der Waals surface area (Å²) in [7, 11) is 1.55. The van der Waals surface area contributed by atoms with Crippen LogP contribution < -0.4 is 9.47 Å². The van der Waals surface area contributed by atoms with Crippen molar-refractivity contribution in [2.24, 2.45) is 0 Å². The second-order valence-corrected chi connectivity index (χ2v) is 8.21. The van der Waals surface area contributed by atoms with Crippen LogP contribution in [0.4, 0.5) is 0 Å². The van der Waals surface area contributed by atoms with Crippen LogP contribution in [0.1, 0.15) is 30.9 Å². The summed E-state index contributed by atoms with van der Waals surface area (Å²) in [5.41, 5.74) is 2.36. The number of nitrogens with zero attached hydrogens (tertiary/aromatic N) is 2. The Balaban J connectivity index is 1.61. The summed E-state index contributed by atoms with van der Waals surface area (Å²) in [4.78, 5) is 27.2. The van der Waals surface area contributed by atoms with Gasteiger partial charge in [0.05, 0.1) is 19.8 Å². The second kappa shape index (κ2) is 10.4. The van der Waals surface area contributed by atoms with Gasteiger partial charge >= 0.3 is 0 Å². The molecule has 4 rings (SSSR count). The Labute approximate surface area is 198 Å². The third kappa shape index (κ3) is 4.87. The molecule has 0 spiro atoms. The van der Waals surface area contributed by atoms with Gasteiger partial charge in [0.1, 0.15) is 18.2 Å². The number of rotatable bonds is 7. The Kier molecular flexibility index (Phi) is 7.09. The van der Waals surface area contributed by atoms with E-state index in [2.05, 4.69) is 0 Å². The zero-order chi connectivity index (χ0) is 24.1. The lowest BCUT2D eigenvalue weighted by atomic mass is 9.93. The van der Waals surface area contributed by atoms with Gasteiger partial charge in [-0.25, -0.2) is 0 Å². The highest BCUT2D eigenvalue weighted by Gasteiger charge is 2.37. The summed E-state index contributed by atoms with van der Waals surface area (Å²) in [6, 6.07) is 17.1. The Morgan fingerprint density at radius 3 is 2.62 bits per heavy atom. The molecule has 2 amide bonds. The Morgan fingerprint density at radius 2 is 1.94 bits per heavy atom. The normalized spacial score (nSPS) is 19.5. The van der Waals surface area contributed by atoms with E-state index >= 15 is 0 Å². The molecule has 2 aromatic rings. The van der Waals surface area contributed by atoms with Gasteiger partial charge in [0.2, 0.25) is 0 Å². The maximum absolute atomic E-state index is 13.3. The standard InChI is InChI=1S/C27H26N2O5/c1-18-22(26(30)29(27(31)23(18)15-28)16-21-9-6-12-33-21)13-20-10-11-24(25(14-20)32-2)34-17-19-7-4-3-5-8-19/h3-5,7-8,10-11,13-14,21H,6,9,12,16-17H2,1-2H3/b22-13+. The molecule has 0 saturated carbocycles. The number of hydrogen-bond donors (Lipinski definition) is 0. The Bertz CT molecular complexity index is 1190. The molecule has 0 radical (unpaired) electrons. The highest BCUT2D eigenvalue weighted by atomic mass is 16.5. The van der Waals surface area contributed by atoms with E-state index in [4.69, 9.17) is 14.2 Å². The molecule has 1 fully saturated rings. The fourth-order valence-electron chi connectivity index (χ4n) is 4.08. The van der Waals surface area contributed by atoms with E-state index in [1.165, 1.54) is 0 Å². The van der Waals surface area contributed by atoms with Crippen molar-refractivity contribution in [3.63, 3.8) is 0 Å². The molecule has 1 atom stereocenters. The minimum atomic E-state index is -0.570. The van der Waals surface area contributed by atoms with E-state index in [-0.39, 0.29) is 18.2 Å². The molecule has 2 aliphatic heterocycles. The van der Waals surface area contributed by atoms with E-state index in [9.17, 15) is 14.9 Å². The van der Waals surface area contributed by atoms with Gasteiger partial charge in [0.15, 0.2) is 11.5 Å². The molecule has 1 unspecified atom stereocenters. The third-order valence-corrected chi connectivity index (χ3v) is 5.97. The molecular formula is C27H26N2O5. The number of benzene rings is 2. The molecule has 1 saturated heterocycles. The highest BCUT2D eigenvalue weighted by molar-refractivity contribution is 6.19. The number of hydrogen-bond acceptors (Lipinski definition) is 6. The number of imide groups is 1. The van der Waals surface area contributed by atoms with Gasteiger partial charge in [-0.05, 0) is 54.7 Å². The number of carbonyl (C=O) groups excluding carboxylic acids is 2. The lowest BCUT2D eigenvalue weighted by Crippen LogP contribution is -2.46. The number of nitriles is 1. The molecule has 0 aliphatic carbocycles. The average Bonchev–Trinajstić information content (AvgIpc) is 3.38. The van der Waals surface area contributed by atoms with Crippen LogP contribution in [-0.2, 0) is 20.9 Å². The zero-order valence-corrected chi connectivity index (χ0v) is 19.2. The molecule has 7 nitrogen and oxygen atoms in total. The van der Waals surface area contributed by atoms with Gasteiger partial charge in [-0.2, -0.15) is 5.26 Å². The molecule has 34 heavy (non-hydrogen) atoms. The lowest BCUT2D eigenvalue weighted by Gasteiger charge is -2.29. The van der Waals surface area contributed by atoms with Crippen LogP contribution in [0, 0.1) is 11.3 Å². The van der Waals surface area contributed by atoms with Crippen LogP contribution in [0.2, 0.25) is 0 Å². The molecule has 7 heteroatoms. The van der Waals surface area contributed by atoms with Crippen molar-refractivity contribution in [2.75, 3.05) is 20.3 Å². The number of amides is 2. The highest BCUT2D eigenvalue weighted by Crippen LogP contribution is 2.32. The molecule has 2 aliphatic rings. The molecule has 2 aromatic carbocycles.